The average molecular weight is 379 g/mol. The molecule has 0 spiro atoms. The van der Waals surface area contributed by atoms with Gasteiger partial charge in [0.25, 0.3) is 0 Å². The molecule has 23 heavy (non-hydrogen) atoms. The van der Waals surface area contributed by atoms with E-state index in [1.54, 1.807) is 13.3 Å². The van der Waals surface area contributed by atoms with Crippen LogP contribution in [0.3, 0.4) is 0 Å². The van der Waals surface area contributed by atoms with E-state index in [-0.39, 0.29) is 6.61 Å². The first-order chi connectivity index (χ1) is 11.2. The molecule has 1 N–H and O–H groups in total. The van der Waals surface area contributed by atoms with E-state index in [9.17, 15) is 0 Å². The van der Waals surface area contributed by atoms with E-state index in [1.165, 1.54) is 0 Å². The standard InChI is InChI=1S/C16H19BrN4O2/c1-22-15-10-13(9-14(17)16(15)23-8-3-18)11-19-4-2-6-21-7-5-20-12-21/h5,7,9-10,12,19H,2,4,6,8,11H2,1H3. The molecule has 0 aliphatic carbocycles. The van der Waals surface area contributed by atoms with Crippen LogP contribution in [0.1, 0.15) is 12.0 Å². The third kappa shape index (κ3) is 5.27. The number of aromatic nitrogens is 2. The van der Waals surface area contributed by atoms with Crippen molar-refractivity contribution in [2.75, 3.05) is 20.3 Å². The van der Waals surface area contributed by atoms with Crippen LogP contribution >= 0.6 is 15.9 Å². The Morgan fingerprint density at radius 1 is 1.43 bits per heavy atom. The maximum Gasteiger partial charge on any atom is 0.176 e. The summed E-state index contributed by atoms with van der Waals surface area (Å²) in [6.45, 7) is 2.57. The van der Waals surface area contributed by atoms with Crippen LogP contribution in [0.15, 0.2) is 35.3 Å². The fourth-order valence-electron chi connectivity index (χ4n) is 2.16. The number of ether oxygens (including phenoxy) is 2. The average Bonchev–Trinajstić information content (AvgIpc) is 3.06. The van der Waals surface area contributed by atoms with Crippen LogP contribution in [0.5, 0.6) is 11.5 Å². The lowest BCUT2D eigenvalue weighted by molar-refractivity contribution is 0.327. The van der Waals surface area contributed by atoms with Gasteiger partial charge in [-0.3, -0.25) is 0 Å². The highest BCUT2D eigenvalue weighted by molar-refractivity contribution is 9.10. The smallest absolute Gasteiger partial charge is 0.176 e. The lowest BCUT2D eigenvalue weighted by atomic mass is 10.2. The Balaban J connectivity index is 1.85. The van der Waals surface area contributed by atoms with Gasteiger partial charge in [0.1, 0.15) is 6.07 Å². The van der Waals surface area contributed by atoms with Crippen molar-refractivity contribution in [3.63, 3.8) is 0 Å². The highest BCUT2D eigenvalue weighted by Gasteiger charge is 2.11. The molecule has 0 aliphatic rings. The number of halogens is 1. The quantitative estimate of drug-likeness (QED) is 0.679. The molecule has 0 aliphatic heterocycles. The molecule has 0 radical (unpaired) electrons. The second kappa shape index (κ2) is 9.18. The van der Waals surface area contributed by atoms with E-state index in [2.05, 4.69) is 30.8 Å². The lowest BCUT2D eigenvalue weighted by Gasteiger charge is -2.13. The highest BCUT2D eigenvalue weighted by atomic mass is 79.9. The fourth-order valence-corrected chi connectivity index (χ4v) is 2.76. The van der Waals surface area contributed by atoms with Crippen molar-refractivity contribution in [3.05, 3.63) is 40.9 Å². The molecule has 0 saturated heterocycles. The molecule has 122 valence electrons. The molecule has 0 atom stereocenters. The van der Waals surface area contributed by atoms with E-state index < -0.39 is 0 Å². The van der Waals surface area contributed by atoms with Crippen LogP contribution in [-0.4, -0.2) is 29.8 Å². The molecule has 0 saturated carbocycles. The molecule has 7 heteroatoms. The predicted octanol–water partition coefficient (Wildman–Crippen LogP) is 2.74. The number of nitrogens with zero attached hydrogens (tertiary/aromatic N) is 3. The molecule has 0 unspecified atom stereocenters. The van der Waals surface area contributed by atoms with Crippen molar-refractivity contribution < 1.29 is 9.47 Å². The summed E-state index contributed by atoms with van der Waals surface area (Å²) >= 11 is 3.47. The van der Waals surface area contributed by atoms with Gasteiger partial charge in [0.05, 0.1) is 17.9 Å². The van der Waals surface area contributed by atoms with Crippen molar-refractivity contribution in [1.82, 2.24) is 14.9 Å². The molecule has 1 heterocycles. The molecule has 1 aromatic carbocycles. The third-order valence-electron chi connectivity index (χ3n) is 3.23. The summed E-state index contributed by atoms with van der Waals surface area (Å²) in [5.41, 5.74) is 1.08. The Labute approximate surface area is 144 Å². The normalized spacial score (nSPS) is 10.3. The lowest BCUT2D eigenvalue weighted by Crippen LogP contribution is -2.16. The van der Waals surface area contributed by atoms with E-state index in [1.807, 2.05) is 30.7 Å². The van der Waals surface area contributed by atoms with E-state index in [4.69, 9.17) is 14.7 Å². The van der Waals surface area contributed by atoms with Crippen LogP contribution in [0.25, 0.3) is 0 Å². The molecule has 0 amide bonds. The van der Waals surface area contributed by atoms with Gasteiger partial charge >= 0.3 is 0 Å². The molecule has 2 rings (SSSR count). The molecule has 6 nitrogen and oxygen atoms in total. The van der Waals surface area contributed by atoms with Gasteiger partial charge in [-0.05, 0) is 46.6 Å². The Hall–Kier alpha value is -2.04. The van der Waals surface area contributed by atoms with Gasteiger partial charge in [0, 0.05) is 25.5 Å². The molecule has 0 bridgehead atoms. The van der Waals surface area contributed by atoms with Gasteiger partial charge < -0.3 is 19.4 Å². The van der Waals surface area contributed by atoms with E-state index in [0.29, 0.717) is 11.5 Å². The van der Waals surface area contributed by atoms with Gasteiger partial charge in [-0.2, -0.15) is 5.26 Å². The van der Waals surface area contributed by atoms with Crippen molar-refractivity contribution in [2.45, 2.75) is 19.5 Å². The number of nitrogens with one attached hydrogen (secondary N) is 1. The van der Waals surface area contributed by atoms with Gasteiger partial charge in [-0.25, -0.2) is 4.98 Å². The van der Waals surface area contributed by atoms with Gasteiger partial charge in [-0.15, -0.1) is 0 Å². The Bertz CT molecular complexity index is 653. The van der Waals surface area contributed by atoms with Crippen LogP contribution < -0.4 is 14.8 Å². The minimum atomic E-state index is -0.0131. The minimum absolute atomic E-state index is 0.0131. The Morgan fingerprint density at radius 3 is 3.00 bits per heavy atom. The van der Waals surface area contributed by atoms with Crippen molar-refractivity contribution in [2.24, 2.45) is 0 Å². The summed E-state index contributed by atoms with van der Waals surface area (Å²) in [4.78, 5) is 4.02. The number of methoxy groups -OCH3 is 1. The van der Waals surface area contributed by atoms with Crippen molar-refractivity contribution in [1.29, 1.82) is 5.26 Å². The zero-order valence-electron chi connectivity index (χ0n) is 13.0. The van der Waals surface area contributed by atoms with E-state index in [0.717, 1.165) is 36.1 Å². The minimum Gasteiger partial charge on any atom is -0.493 e. The van der Waals surface area contributed by atoms with Gasteiger partial charge in [-0.1, -0.05) is 0 Å². The van der Waals surface area contributed by atoms with Crippen molar-refractivity contribution in [3.8, 4) is 17.6 Å². The first-order valence-electron chi connectivity index (χ1n) is 7.27. The predicted molar refractivity (Wildman–Crippen MR) is 90.4 cm³/mol. The first-order valence-corrected chi connectivity index (χ1v) is 8.06. The summed E-state index contributed by atoms with van der Waals surface area (Å²) in [6, 6.07) is 5.84. The Kier molecular flexibility index (Phi) is 6.91. The van der Waals surface area contributed by atoms with Crippen LogP contribution in [-0.2, 0) is 13.1 Å². The number of benzene rings is 1. The Morgan fingerprint density at radius 2 is 2.30 bits per heavy atom. The first kappa shape index (κ1) is 17.3. The molecule has 0 fully saturated rings. The van der Waals surface area contributed by atoms with Crippen LogP contribution in [0, 0.1) is 11.3 Å². The fraction of sp³-hybridized carbons (Fsp3) is 0.375. The summed E-state index contributed by atoms with van der Waals surface area (Å²) in [5.74, 6) is 1.17. The largest absolute Gasteiger partial charge is 0.493 e. The van der Waals surface area contributed by atoms with Crippen molar-refractivity contribution >= 4 is 15.9 Å². The maximum atomic E-state index is 8.63. The second-order valence-corrected chi connectivity index (χ2v) is 5.74. The SMILES string of the molecule is COc1cc(CNCCCn2ccnc2)cc(Br)c1OCC#N. The summed E-state index contributed by atoms with van der Waals surface area (Å²) in [6.07, 6.45) is 6.59. The molecule has 2 aromatic rings. The maximum absolute atomic E-state index is 8.63. The topological polar surface area (TPSA) is 72.1 Å². The zero-order valence-corrected chi connectivity index (χ0v) is 14.5. The monoisotopic (exact) mass is 378 g/mol. The van der Waals surface area contributed by atoms with Crippen LogP contribution in [0.2, 0.25) is 0 Å². The third-order valence-corrected chi connectivity index (χ3v) is 3.82. The molecular formula is C16H19BrN4O2. The number of aryl methyl sites for hydroxylation is 1. The highest BCUT2D eigenvalue weighted by Crippen LogP contribution is 2.36. The summed E-state index contributed by atoms with van der Waals surface area (Å²) in [7, 11) is 1.59. The number of imidazole rings is 1. The molecular weight excluding hydrogens is 360 g/mol. The zero-order chi connectivity index (χ0) is 16.5. The van der Waals surface area contributed by atoms with Gasteiger partial charge in [0.15, 0.2) is 18.1 Å². The second-order valence-electron chi connectivity index (χ2n) is 4.89. The van der Waals surface area contributed by atoms with E-state index >= 15 is 0 Å². The van der Waals surface area contributed by atoms with Gasteiger partial charge in [0.2, 0.25) is 0 Å². The number of nitriles is 1. The van der Waals surface area contributed by atoms with Crippen LogP contribution in [0.4, 0.5) is 0 Å². The summed E-state index contributed by atoms with van der Waals surface area (Å²) < 4.78 is 13.6. The summed E-state index contributed by atoms with van der Waals surface area (Å²) in [5, 5.41) is 12.0. The number of hydrogen-bond acceptors (Lipinski definition) is 5. The number of hydrogen-bond donors (Lipinski definition) is 1. The number of rotatable bonds is 9. The molecule has 1 aromatic heterocycles.